The van der Waals surface area contributed by atoms with E-state index in [1.807, 2.05) is 59.0 Å². The molecule has 0 aliphatic carbocycles. The zero-order chi connectivity index (χ0) is 35.1. The third-order valence-electron chi connectivity index (χ3n) is 8.90. The molecule has 0 radical (unpaired) electrons. The second kappa shape index (κ2) is 15.9. The van der Waals surface area contributed by atoms with Gasteiger partial charge in [0.05, 0.1) is 36.7 Å². The van der Waals surface area contributed by atoms with Crippen LogP contribution in [0.3, 0.4) is 0 Å². The maximum absolute atomic E-state index is 12.7. The first kappa shape index (κ1) is 36.0. The Bertz CT molecular complexity index is 1880. The summed E-state index contributed by atoms with van der Waals surface area (Å²) >= 11 is 0. The van der Waals surface area contributed by atoms with Crippen LogP contribution >= 0.6 is 0 Å². The molecule has 2 heterocycles. The van der Waals surface area contributed by atoms with E-state index < -0.39 is 5.60 Å². The first-order valence-corrected chi connectivity index (χ1v) is 17.5. The lowest BCUT2D eigenvalue weighted by Crippen LogP contribution is -2.35. The Balaban J connectivity index is 1.50. The zero-order valence-corrected chi connectivity index (χ0v) is 30.2. The first-order valence-electron chi connectivity index (χ1n) is 17.5. The summed E-state index contributed by atoms with van der Waals surface area (Å²) in [5, 5.41) is 18.8. The van der Waals surface area contributed by atoms with Gasteiger partial charge in [-0.2, -0.15) is 5.10 Å². The standard InChI is InChI=1S/C40H52N4O5/c1-8-34-30(21-14-25-48-36-22-12-17-28-16-10-11-18-29(28)36)31-19-13-20-32(37-33(27-47-9-2)41-43(7)35(37)26-45)38(31)44(34)24-15-23-42(6)39(46)49-40(3,4)5/h10-13,16-20,22,45H,8-9,14-15,21,23-27H2,1-7H3. The number of nitrogens with zero attached hydrogens (tertiary/aromatic N) is 4. The summed E-state index contributed by atoms with van der Waals surface area (Å²) in [5.74, 6) is 0.905. The topological polar surface area (TPSA) is 91.0 Å². The molecular formula is C40H52N4O5. The zero-order valence-electron chi connectivity index (χ0n) is 30.2. The smallest absolute Gasteiger partial charge is 0.410 e. The van der Waals surface area contributed by atoms with Crippen molar-refractivity contribution in [3.63, 3.8) is 0 Å². The van der Waals surface area contributed by atoms with E-state index in [0.717, 1.165) is 64.9 Å². The fourth-order valence-electron chi connectivity index (χ4n) is 6.72. The van der Waals surface area contributed by atoms with E-state index in [2.05, 4.69) is 47.9 Å². The maximum Gasteiger partial charge on any atom is 0.410 e. The van der Waals surface area contributed by atoms with Crippen molar-refractivity contribution in [1.82, 2.24) is 19.2 Å². The summed E-state index contributed by atoms with van der Waals surface area (Å²) < 4.78 is 22.0. The van der Waals surface area contributed by atoms with Crippen molar-refractivity contribution in [3.8, 4) is 16.9 Å². The minimum Gasteiger partial charge on any atom is -0.493 e. The number of aromatic nitrogens is 3. The Hall–Kier alpha value is -4.34. The lowest BCUT2D eigenvalue weighted by Gasteiger charge is -2.25. The van der Waals surface area contributed by atoms with Gasteiger partial charge in [0.25, 0.3) is 0 Å². The quantitative estimate of drug-likeness (QED) is 0.114. The molecule has 0 atom stereocenters. The van der Waals surface area contributed by atoms with Crippen molar-refractivity contribution in [1.29, 1.82) is 0 Å². The highest BCUT2D eigenvalue weighted by Crippen LogP contribution is 2.39. The van der Waals surface area contributed by atoms with Crippen LogP contribution in [0, 0.1) is 0 Å². The predicted molar refractivity (Wildman–Crippen MR) is 196 cm³/mol. The molecule has 3 aromatic carbocycles. The fourth-order valence-corrected chi connectivity index (χ4v) is 6.72. The second-order valence-electron chi connectivity index (χ2n) is 13.5. The van der Waals surface area contributed by atoms with Gasteiger partial charge in [-0.25, -0.2) is 4.79 Å². The molecule has 0 bridgehead atoms. The largest absolute Gasteiger partial charge is 0.493 e. The van der Waals surface area contributed by atoms with Crippen LogP contribution in [0.15, 0.2) is 60.7 Å². The van der Waals surface area contributed by atoms with Gasteiger partial charge in [0, 0.05) is 61.4 Å². The van der Waals surface area contributed by atoms with Crippen LogP contribution in [-0.2, 0) is 49.1 Å². The summed E-state index contributed by atoms with van der Waals surface area (Å²) in [6.07, 6.45) is 2.98. The van der Waals surface area contributed by atoms with Crippen molar-refractivity contribution >= 4 is 27.8 Å². The number of fused-ring (bicyclic) bond motifs is 2. The predicted octanol–water partition coefficient (Wildman–Crippen LogP) is 8.05. The van der Waals surface area contributed by atoms with Gasteiger partial charge in [0.1, 0.15) is 11.4 Å². The molecule has 1 N–H and O–H groups in total. The van der Waals surface area contributed by atoms with E-state index >= 15 is 0 Å². The Morgan fingerprint density at radius 1 is 0.959 bits per heavy atom. The third kappa shape index (κ3) is 8.11. The average Bonchev–Trinajstić information content (AvgIpc) is 3.57. The Morgan fingerprint density at radius 3 is 2.43 bits per heavy atom. The van der Waals surface area contributed by atoms with Gasteiger partial charge in [0.2, 0.25) is 0 Å². The highest BCUT2D eigenvalue weighted by molar-refractivity contribution is 5.99. The molecule has 49 heavy (non-hydrogen) atoms. The molecule has 0 spiro atoms. The van der Waals surface area contributed by atoms with Crippen LogP contribution in [0.25, 0.3) is 32.8 Å². The monoisotopic (exact) mass is 668 g/mol. The summed E-state index contributed by atoms with van der Waals surface area (Å²) in [4.78, 5) is 14.4. The minimum absolute atomic E-state index is 0.137. The number of amides is 1. The number of rotatable bonds is 15. The number of hydrogen-bond acceptors (Lipinski definition) is 6. The molecular weight excluding hydrogens is 616 g/mol. The number of benzene rings is 3. The van der Waals surface area contributed by atoms with E-state index in [1.165, 1.54) is 22.0 Å². The molecule has 9 heteroatoms. The fraction of sp³-hybridized carbons (Fsp3) is 0.450. The molecule has 2 aromatic heterocycles. The summed E-state index contributed by atoms with van der Waals surface area (Å²) in [6.45, 7) is 12.5. The summed E-state index contributed by atoms with van der Waals surface area (Å²) in [6, 6.07) is 20.9. The Kier molecular flexibility index (Phi) is 11.7. The van der Waals surface area contributed by atoms with E-state index in [9.17, 15) is 9.90 Å². The average molecular weight is 669 g/mol. The number of ether oxygens (including phenoxy) is 3. The molecule has 0 unspecified atom stereocenters. The normalized spacial score (nSPS) is 11.8. The number of hydrogen-bond donors (Lipinski definition) is 1. The molecule has 0 aliphatic rings. The van der Waals surface area contributed by atoms with E-state index in [0.29, 0.717) is 32.9 Å². The summed E-state index contributed by atoms with van der Waals surface area (Å²) in [7, 11) is 3.66. The lowest BCUT2D eigenvalue weighted by atomic mass is 9.98. The second-order valence-corrected chi connectivity index (χ2v) is 13.5. The number of carbonyl (C=O) groups excluding carboxylic acids is 1. The van der Waals surface area contributed by atoms with Gasteiger partial charge in [-0.05, 0) is 70.4 Å². The number of para-hydroxylation sites is 1. The van der Waals surface area contributed by atoms with Crippen molar-refractivity contribution in [2.45, 2.75) is 85.7 Å². The van der Waals surface area contributed by atoms with Gasteiger partial charge < -0.3 is 28.8 Å². The highest BCUT2D eigenvalue weighted by Gasteiger charge is 2.25. The molecule has 1 amide bonds. The molecule has 0 aliphatic heterocycles. The van der Waals surface area contributed by atoms with Gasteiger partial charge >= 0.3 is 6.09 Å². The van der Waals surface area contributed by atoms with Crippen LogP contribution in [-0.4, -0.2) is 62.9 Å². The van der Waals surface area contributed by atoms with Gasteiger partial charge in [-0.15, -0.1) is 0 Å². The molecule has 0 fully saturated rings. The van der Waals surface area contributed by atoms with Gasteiger partial charge in [-0.3, -0.25) is 4.68 Å². The Morgan fingerprint density at radius 2 is 1.69 bits per heavy atom. The van der Waals surface area contributed by atoms with Crippen molar-refractivity contribution in [2.75, 3.05) is 26.8 Å². The van der Waals surface area contributed by atoms with Crippen LogP contribution in [0.5, 0.6) is 5.75 Å². The van der Waals surface area contributed by atoms with Crippen molar-refractivity contribution in [3.05, 3.63) is 83.3 Å². The van der Waals surface area contributed by atoms with Crippen LogP contribution in [0.2, 0.25) is 0 Å². The number of aliphatic hydroxyl groups is 1. The van der Waals surface area contributed by atoms with Crippen LogP contribution in [0.1, 0.15) is 70.1 Å². The van der Waals surface area contributed by atoms with Gasteiger partial charge in [-0.1, -0.05) is 61.5 Å². The highest BCUT2D eigenvalue weighted by atomic mass is 16.6. The van der Waals surface area contributed by atoms with E-state index in [4.69, 9.17) is 19.3 Å². The number of aryl methyl sites for hydroxylation is 3. The molecule has 9 nitrogen and oxygen atoms in total. The molecule has 0 saturated carbocycles. The SMILES string of the molecule is CCOCc1nn(C)c(CO)c1-c1cccc2c(CCCOc3cccc4ccccc34)c(CC)n(CCCN(C)C(=O)OC(C)(C)C)c12. The Labute approximate surface area is 290 Å². The lowest BCUT2D eigenvalue weighted by molar-refractivity contribution is 0.0295. The van der Waals surface area contributed by atoms with Crippen molar-refractivity contribution in [2.24, 2.45) is 7.05 Å². The molecule has 0 saturated heterocycles. The first-order chi connectivity index (χ1) is 23.6. The molecule has 5 aromatic rings. The van der Waals surface area contributed by atoms with Crippen LogP contribution < -0.4 is 4.74 Å². The minimum atomic E-state index is -0.550. The van der Waals surface area contributed by atoms with Gasteiger partial charge in [0.15, 0.2) is 0 Å². The van der Waals surface area contributed by atoms with Crippen LogP contribution in [0.4, 0.5) is 4.79 Å². The molecule has 262 valence electrons. The van der Waals surface area contributed by atoms with E-state index in [1.54, 1.807) is 16.6 Å². The molecule has 5 rings (SSSR count). The van der Waals surface area contributed by atoms with E-state index in [-0.39, 0.29) is 12.7 Å². The van der Waals surface area contributed by atoms with Crippen molar-refractivity contribution < 1.29 is 24.1 Å². The number of aliphatic hydroxyl groups excluding tert-OH is 1. The third-order valence-corrected chi connectivity index (χ3v) is 8.90. The maximum atomic E-state index is 12.7. The summed E-state index contributed by atoms with van der Waals surface area (Å²) in [5.41, 5.74) is 6.65. The number of carbonyl (C=O) groups is 1.